The zero-order valence-electron chi connectivity index (χ0n) is 20.9. The number of benzene rings is 2. The SMILES string of the molecule is CCCCCOc1ccc(C2C(=C(O)c3ccc(Cl)cc3)C(=O)C(=O)N2Cc2ccco2)cc1OCC. The van der Waals surface area contributed by atoms with Crippen molar-refractivity contribution in [2.24, 2.45) is 0 Å². The fraction of sp³-hybridized carbons (Fsp3) is 0.310. The second-order valence-corrected chi connectivity index (χ2v) is 9.14. The van der Waals surface area contributed by atoms with Gasteiger partial charge in [-0.05, 0) is 67.4 Å². The molecule has 1 unspecified atom stereocenters. The van der Waals surface area contributed by atoms with Crippen LogP contribution in [-0.4, -0.2) is 34.9 Å². The molecule has 0 bridgehead atoms. The molecule has 1 saturated heterocycles. The number of rotatable bonds is 11. The summed E-state index contributed by atoms with van der Waals surface area (Å²) < 4.78 is 17.3. The van der Waals surface area contributed by atoms with Gasteiger partial charge in [-0.15, -0.1) is 0 Å². The fourth-order valence-electron chi connectivity index (χ4n) is 4.34. The minimum Gasteiger partial charge on any atom is -0.507 e. The number of Topliss-reactive ketones (excluding diaryl/α,β-unsaturated/α-hetero) is 1. The second kappa shape index (κ2) is 12.0. The summed E-state index contributed by atoms with van der Waals surface area (Å²) in [5.41, 5.74) is 0.967. The number of carbonyl (C=O) groups is 2. The van der Waals surface area contributed by atoms with Gasteiger partial charge in [-0.1, -0.05) is 37.4 Å². The highest BCUT2D eigenvalue weighted by atomic mass is 35.5. The molecule has 1 amide bonds. The topological polar surface area (TPSA) is 89.2 Å². The molecule has 0 radical (unpaired) electrons. The molecular weight excluding hydrogens is 494 g/mol. The van der Waals surface area contributed by atoms with E-state index in [0.717, 1.165) is 19.3 Å². The summed E-state index contributed by atoms with van der Waals surface area (Å²) in [6.07, 6.45) is 4.58. The van der Waals surface area contributed by atoms with E-state index >= 15 is 0 Å². The Morgan fingerprint density at radius 3 is 2.49 bits per heavy atom. The molecule has 8 heteroatoms. The molecule has 1 fully saturated rings. The highest BCUT2D eigenvalue weighted by molar-refractivity contribution is 6.46. The summed E-state index contributed by atoms with van der Waals surface area (Å²) in [4.78, 5) is 27.9. The molecule has 2 heterocycles. The summed E-state index contributed by atoms with van der Waals surface area (Å²) in [6.45, 7) is 5.02. The van der Waals surface area contributed by atoms with Gasteiger partial charge in [-0.25, -0.2) is 0 Å². The van der Waals surface area contributed by atoms with Crippen LogP contribution in [0, 0.1) is 0 Å². The van der Waals surface area contributed by atoms with Gasteiger partial charge in [0.15, 0.2) is 11.5 Å². The number of hydrogen-bond donors (Lipinski definition) is 1. The van der Waals surface area contributed by atoms with E-state index in [-0.39, 0.29) is 17.9 Å². The quantitative estimate of drug-likeness (QED) is 0.133. The maximum absolute atomic E-state index is 13.3. The van der Waals surface area contributed by atoms with Gasteiger partial charge in [0.25, 0.3) is 11.7 Å². The second-order valence-electron chi connectivity index (χ2n) is 8.71. The van der Waals surface area contributed by atoms with Crippen molar-refractivity contribution in [3.8, 4) is 11.5 Å². The van der Waals surface area contributed by atoms with Gasteiger partial charge in [-0.3, -0.25) is 9.59 Å². The molecule has 0 spiro atoms. The van der Waals surface area contributed by atoms with Crippen LogP contribution in [-0.2, 0) is 16.1 Å². The Morgan fingerprint density at radius 2 is 1.81 bits per heavy atom. The van der Waals surface area contributed by atoms with Crippen LogP contribution in [0.25, 0.3) is 5.76 Å². The van der Waals surface area contributed by atoms with Gasteiger partial charge < -0.3 is 23.9 Å². The summed E-state index contributed by atoms with van der Waals surface area (Å²) in [7, 11) is 0. The third kappa shape index (κ3) is 5.83. The van der Waals surface area contributed by atoms with Crippen molar-refractivity contribution in [1.82, 2.24) is 4.90 Å². The molecule has 0 saturated carbocycles. The zero-order chi connectivity index (χ0) is 26.4. The average Bonchev–Trinajstić information content (AvgIpc) is 3.50. The van der Waals surface area contributed by atoms with Gasteiger partial charge in [0.1, 0.15) is 11.5 Å². The van der Waals surface area contributed by atoms with Crippen LogP contribution in [0.4, 0.5) is 0 Å². The van der Waals surface area contributed by atoms with E-state index in [1.807, 2.05) is 6.92 Å². The first-order valence-electron chi connectivity index (χ1n) is 12.4. The van der Waals surface area contributed by atoms with Gasteiger partial charge in [0.05, 0.1) is 37.6 Å². The first-order chi connectivity index (χ1) is 17.9. The predicted octanol–water partition coefficient (Wildman–Crippen LogP) is 6.52. The number of furan rings is 1. The number of hydrogen-bond acceptors (Lipinski definition) is 6. The van der Waals surface area contributed by atoms with E-state index in [0.29, 0.717) is 46.6 Å². The number of nitrogens with zero attached hydrogens (tertiary/aromatic N) is 1. The normalized spacial score (nSPS) is 16.8. The highest BCUT2D eigenvalue weighted by Crippen LogP contribution is 2.43. The molecule has 3 aromatic rings. The number of amides is 1. The first kappa shape index (κ1) is 26.4. The lowest BCUT2D eigenvalue weighted by Gasteiger charge is -2.25. The molecule has 1 aliphatic rings. The monoisotopic (exact) mass is 523 g/mol. The van der Waals surface area contributed by atoms with Crippen LogP contribution in [0.5, 0.6) is 11.5 Å². The largest absolute Gasteiger partial charge is 0.507 e. The van der Waals surface area contributed by atoms with Crippen LogP contribution in [0.3, 0.4) is 0 Å². The van der Waals surface area contributed by atoms with E-state index in [1.165, 1.54) is 11.2 Å². The lowest BCUT2D eigenvalue weighted by molar-refractivity contribution is -0.140. The lowest BCUT2D eigenvalue weighted by atomic mass is 9.95. The molecule has 194 valence electrons. The van der Waals surface area contributed by atoms with Crippen molar-refractivity contribution in [3.05, 3.63) is 88.3 Å². The maximum atomic E-state index is 13.3. The standard InChI is InChI=1S/C29H30ClNO6/c1-3-5-6-15-37-23-14-11-20(17-24(23)35-4-2)26-25(27(32)19-9-12-21(30)13-10-19)28(33)29(34)31(26)18-22-8-7-16-36-22/h7-14,16-17,26,32H,3-6,15,18H2,1-2H3. The number of ketones is 1. The van der Waals surface area contributed by atoms with Crippen molar-refractivity contribution >= 4 is 29.1 Å². The molecule has 0 aliphatic carbocycles. The summed E-state index contributed by atoms with van der Waals surface area (Å²) in [5, 5.41) is 11.7. The molecule has 1 atom stereocenters. The third-order valence-electron chi connectivity index (χ3n) is 6.15. The Bertz CT molecular complexity index is 1270. The Kier molecular flexibility index (Phi) is 8.56. The van der Waals surface area contributed by atoms with Crippen LogP contribution in [0.1, 0.15) is 56.0 Å². The number of carbonyl (C=O) groups excluding carboxylic acids is 2. The average molecular weight is 524 g/mol. The Morgan fingerprint density at radius 1 is 1.03 bits per heavy atom. The van der Waals surface area contributed by atoms with Crippen molar-refractivity contribution in [3.63, 3.8) is 0 Å². The van der Waals surface area contributed by atoms with Crippen LogP contribution in [0.2, 0.25) is 5.02 Å². The summed E-state index contributed by atoms with van der Waals surface area (Å²) in [5.74, 6) is -0.176. The van der Waals surface area contributed by atoms with Crippen molar-refractivity contribution in [1.29, 1.82) is 0 Å². The third-order valence-corrected chi connectivity index (χ3v) is 6.40. The van der Waals surface area contributed by atoms with E-state index in [4.69, 9.17) is 25.5 Å². The Hall–Kier alpha value is -3.71. The maximum Gasteiger partial charge on any atom is 0.296 e. The van der Waals surface area contributed by atoms with E-state index in [9.17, 15) is 14.7 Å². The van der Waals surface area contributed by atoms with Gasteiger partial charge >= 0.3 is 0 Å². The smallest absolute Gasteiger partial charge is 0.296 e. The van der Waals surface area contributed by atoms with Gasteiger partial charge in [-0.2, -0.15) is 0 Å². The minimum absolute atomic E-state index is 0.0158. The zero-order valence-corrected chi connectivity index (χ0v) is 21.7. The molecule has 2 aromatic carbocycles. The van der Waals surface area contributed by atoms with Crippen molar-refractivity contribution in [2.45, 2.75) is 45.7 Å². The molecule has 4 rings (SSSR count). The number of unbranched alkanes of at least 4 members (excludes halogenated alkanes) is 2. The lowest BCUT2D eigenvalue weighted by Crippen LogP contribution is -2.29. The first-order valence-corrected chi connectivity index (χ1v) is 12.8. The number of likely N-dealkylation sites (tertiary alicyclic amines) is 1. The van der Waals surface area contributed by atoms with Crippen LogP contribution in [0.15, 0.2) is 70.9 Å². The molecule has 1 aliphatic heterocycles. The fourth-order valence-corrected chi connectivity index (χ4v) is 4.47. The van der Waals surface area contributed by atoms with Crippen LogP contribution >= 0.6 is 11.6 Å². The molecule has 7 nitrogen and oxygen atoms in total. The number of ether oxygens (including phenoxy) is 2. The number of halogens is 1. The molecule has 1 aromatic heterocycles. The molecule has 37 heavy (non-hydrogen) atoms. The van der Waals surface area contributed by atoms with E-state index in [1.54, 1.807) is 54.6 Å². The Balaban J connectivity index is 1.79. The molecular formula is C29H30ClNO6. The summed E-state index contributed by atoms with van der Waals surface area (Å²) >= 11 is 6.01. The van der Waals surface area contributed by atoms with Crippen molar-refractivity contribution in [2.75, 3.05) is 13.2 Å². The van der Waals surface area contributed by atoms with Crippen LogP contribution < -0.4 is 9.47 Å². The van der Waals surface area contributed by atoms with Gasteiger partial charge in [0.2, 0.25) is 0 Å². The Labute approximate surface area is 221 Å². The highest BCUT2D eigenvalue weighted by Gasteiger charge is 2.46. The van der Waals surface area contributed by atoms with E-state index < -0.39 is 17.7 Å². The minimum atomic E-state index is -0.867. The predicted molar refractivity (Wildman–Crippen MR) is 141 cm³/mol. The number of aliphatic hydroxyl groups excluding tert-OH is 1. The van der Waals surface area contributed by atoms with Gasteiger partial charge in [0, 0.05) is 10.6 Å². The van der Waals surface area contributed by atoms with Crippen molar-refractivity contribution < 1.29 is 28.6 Å². The number of aliphatic hydroxyl groups is 1. The molecule has 1 N–H and O–H groups in total. The summed E-state index contributed by atoms with van der Waals surface area (Å²) in [6, 6.07) is 14.3. The van der Waals surface area contributed by atoms with E-state index in [2.05, 4.69) is 6.92 Å².